The van der Waals surface area contributed by atoms with Crippen molar-refractivity contribution < 1.29 is 9.53 Å². The van der Waals surface area contributed by atoms with E-state index in [1.165, 1.54) is 0 Å². The average molecular weight is 375 g/mol. The molecule has 2 saturated heterocycles. The number of rotatable bonds is 2. The minimum absolute atomic E-state index is 0.0678. The van der Waals surface area contributed by atoms with Crippen LogP contribution >= 0.6 is 11.3 Å². The summed E-state index contributed by atoms with van der Waals surface area (Å²) in [7, 11) is 0. The minimum Gasteiger partial charge on any atom is -0.368 e. The first-order valence-electron chi connectivity index (χ1n) is 9.36. The fourth-order valence-corrected chi connectivity index (χ4v) is 5.22. The van der Waals surface area contributed by atoms with Crippen molar-refractivity contribution in [2.75, 3.05) is 19.7 Å². The predicted molar refractivity (Wildman–Crippen MR) is 102 cm³/mol. The summed E-state index contributed by atoms with van der Waals surface area (Å²) in [4.78, 5) is 34.2. The summed E-state index contributed by atoms with van der Waals surface area (Å²) in [5.41, 5.74) is 1.11. The summed E-state index contributed by atoms with van der Waals surface area (Å²) in [6, 6.07) is 0.104. The molecule has 4 rings (SSSR count). The lowest BCUT2D eigenvalue weighted by molar-refractivity contribution is -0.142. The number of thiophene rings is 1. The van der Waals surface area contributed by atoms with E-state index in [1.807, 2.05) is 30.2 Å². The Morgan fingerprint density at radius 1 is 1.19 bits per heavy atom. The summed E-state index contributed by atoms with van der Waals surface area (Å²) in [6.45, 7) is 7.99. The monoisotopic (exact) mass is 375 g/mol. The van der Waals surface area contributed by atoms with Gasteiger partial charge < -0.3 is 9.64 Å². The van der Waals surface area contributed by atoms with E-state index >= 15 is 0 Å². The number of likely N-dealkylation sites (tertiary alicyclic amines) is 1. The quantitative estimate of drug-likeness (QED) is 0.810. The highest BCUT2D eigenvalue weighted by Crippen LogP contribution is 2.29. The number of hydrogen-bond donors (Lipinski definition) is 0. The van der Waals surface area contributed by atoms with E-state index in [0.717, 1.165) is 52.2 Å². The van der Waals surface area contributed by atoms with E-state index in [1.54, 1.807) is 11.3 Å². The normalized spacial score (nSPS) is 21.7. The van der Waals surface area contributed by atoms with Gasteiger partial charge >= 0.3 is 0 Å². The molecule has 26 heavy (non-hydrogen) atoms. The Labute approximate surface area is 156 Å². The summed E-state index contributed by atoms with van der Waals surface area (Å²) in [5.74, 6) is 0.885. The van der Waals surface area contributed by atoms with E-state index in [4.69, 9.17) is 9.72 Å². The van der Waals surface area contributed by atoms with Crippen molar-refractivity contribution in [1.29, 1.82) is 0 Å². The molecule has 7 heteroatoms. The second-order valence-electron chi connectivity index (χ2n) is 7.36. The number of aryl methyl sites for hydroxylation is 3. The van der Waals surface area contributed by atoms with Crippen molar-refractivity contribution in [2.24, 2.45) is 0 Å². The molecule has 4 heterocycles. The zero-order valence-corrected chi connectivity index (χ0v) is 16.4. The first kappa shape index (κ1) is 17.7. The highest BCUT2D eigenvalue weighted by atomic mass is 32.1. The average Bonchev–Trinajstić information content (AvgIpc) is 3.24. The van der Waals surface area contributed by atoms with E-state index in [0.29, 0.717) is 19.7 Å². The Bertz CT molecular complexity index is 903. The number of carbonyl (C=O) groups is 1. The van der Waals surface area contributed by atoms with Gasteiger partial charge in [0.2, 0.25) is 0 Å². The van der Waals surface area contributed by atoms with Gasteiger partial charge in [-0.25, -0.2) is 4.98 Å². The van der Waals surface area contributed by atoms with Crippen molar-refractivity contribution in [2.45, 2.75) is 58.6 Å². The van der Waals surface area contributed by atoms with Crippen LogP contribution in [0.5, 0.6) is 0 Å². The number of aromatic nitrogens is 2. The van der Waals surface area contributed by atoms with Crippen molar-refractivity contribution in [3.8, 4) is 0 Å². The first-order valence-corrected chi connectivity index (χ1v) is 10.2. The molecule has 0 spiro atoms. The van der Waals surface area contributed by atoms with Gasteiger partial charge in [0.25, 0.3) is 11.5 Å². The summed E-state index contributed by atoms with van der Waals surface area (Å²) < 4.78 is 7.38. The van der Waals surface area contributed by atoms with E-state index in [-0.39, 0.29) is 23.6 Å². The summed E-state index contributed by atoms with van der Waals surface area (Å²) in [6.07, 6.45) is 3.11. The molecule has 1 atom stereocenters. The standard InChI is InChI=1S/C19H25N3O3S/c1-11-12(2)26-17-16(11)19(24)22(13(3)20-17)14-6-8-21(9-7-14)18(23)15-5-4-10-25-15/h14-15H,4-10H2,1-3H3/t15-/m1/s1. The van der Waals surface area contributed by atoms with Crippen LogP contribution in [0.2, 0.25) is 0 Å². The molecule has 2 aromatic heterocycles. The lowest BCUT2D eigenvalue weighted by Gasteiger charge is -2.34. The van der Waals surface area contributed by atoms with Gasteiger partial charge in [0.05, 0.1) is 5.39 Å². The smallest absolute Gasteiger partial charge is 0.262 e. The number of piperidine rings is 1. The molecule has 2 aliphatic heterocycles. The van der Waals surface area contributed by atoms with E-state index < -0.39 is 0 Å². The molecule has 2 aliphatic rings. The summed E-state index contributed by atoms with van der Waals surface area (Å²) >= 11 is 1.59. The molecule has 2 aromatic rings. The SMILES string of the molecule is Cc1sc2nc(C)n(C3CCN(C(=O)[C@H]4CCCO4)CC3)c(=O)c2c1C. The third kappa shape index (κ3) is 2.87. The number of carbonyl (C=O) groups excluding carboxylic acids is 1. The molecule has 0 bridgehead atoms. The molecule has 2 fully saturated rings. The lowest BCUT2D eigenvalue weighted by Crippen LogP contribution is -2.45. The van der Waals surface area contributed by atoms with Gasteiger partial charge in [-0.15, -0.1) is 11.3 Å². The van der Waals surface area contributed by atoms with Crippen LogP contribution in [-0.2, 0) is 9.53 Å². The van der Waals surface area contributed by atoms with Gasteiger partial charge in [0, 0.05) is 30.6 Å². The maximum absolute atomic E-state index is 13.1. The Morgan fingerprint density at radius 3 is 2.58 bits per heavy atom. The highest BCUT2D eigenvalue weighted by Gasteiger charge is 2.32. The van der Waals surface area contributed by atoms with E-state index in [2.05, 4.69) is 0 Å². The largest absolute Gasteiger partial charge is 0.368 e. The van der Waals surface area contributed by atoms with Crippen LogP contribution in [0.3, 0.4) is 0 Å². The second-order valence-corrected chi connectivity index (χ2v) is 8.56. The molecule has 140 valence electrons. The van der Waals surface area contributed by atoms with Crippen molar-refractivity contribution in [3.05, 3.63) is 26.6 Å². The highest BCUT2D eigenvalue weighted by molar-refractivity contribution is 7.18. The summed E-state index contributed by atoms with van der Waals surface area (Å²) in [5, 5.41) is 0.760. The third-order valence-electron chi connectivity index (χ3n) is 5.76. The predicted octanol–water partition coefficient (Wildman–Crippen LogP) is 2.73. The third-order valence-corrected chi connectivity index (χ3v) is 6.86. The van der Waals surface area contributed by atoms with Gasteiger partial charge in [-0.2, -0.15) is 0 Å². The molecular weight excluding hydrogens is 350 g/mol. The lowest BCUT2D eigenvalue weighted by atomic mass is 10.0. The molecule has 0 N–H and O–H groups in total. The Morgan fingerprint density at radius 2 is 1.92 bits per heavy atom. The number of hydrogen-bond acceptors (Lipinski definition) is 5. The van der Waals surface area contributed by atoms with Gasteiger partial charge in [0.15, 0.2) is 0 Å². The van der Waals surface area contributed by atoms with E-state index in [9.17, 15) is 9.59 Å². The maximum Gasteiger partial charge on any atom is 0.262 e. The van der Waals surface area contributed by atoms with Crippen LogP contribution in [0.25, 0.3) is 10.2 Å². The zero-order valence-electron chi connectivity index (χ0n) is 15.6. The fraction of sp³-hybridized carbons (Fsp3) is 0.632. The van der Waals surface area contributed by atoms with Gasteiger partial charge in [-0.05, 0) is 52.0 Å². The number of ether oxygens (including phenoxy) is 1. The molecule has 0 radical (unpaired) electrons. The molecule has 0 unspecified atom stereocenters. The topological polar surface area (TPSA) is 64.4 Å². The Kier molecular flexibility index (Phi) is 4.61. The molecule has 6 nitrogen and oxygen atoms in total. The zero-order chi connectivity index (χ0) is 18.4. The molecule has 0 aliphatic carbocycles. The van der Waals surface area contributed by atoms with Crippen LogP contribution in [0, 0.1) is 20.8 Å². The van der Waals surface area contributed by atoms with Crippen LogP contribution in [0.1, 0.15) is 48.0 Å². The molecule has 0 saturated carbocycles. The van der Waals surface area contributed by atoms with Gasteiger partial charge in [-0.1, -0.05) is 0 Å². The van der Waals surface area contributed by atoms with Crippen LogP contribution < -0.4 is 5.56 Å². The van der Waals surface area contributed by atoms with Crippen LogP contribution in [0.4, 0.5) is 0 Å². The first-order chi connectivity index (χ1) is 12.5. The van der Waals surface area contributed by atoms with Crippen LogP contribution in [0.15, 0.2) is 4.79 Å². The van der Waals surface area contributed by atoms with Crippen molar-refractivity contribution in [3.63, 3.8) is 0 Å². The molecule has 0 aromatic carbocycles. The maximum atomic E-state index is 13.1. The Balaban J connectivity index is 1.57. The fourth-order valence-electron chi connectivity index (χ4n) is 4.16. The van der Waals surface area contributed by atoms with Crippen LogP contribution in [-0.4, -0.2) is 46.2 Å². The minimum atomic E-state index is -0.259. The number of nitrogens with zero attached hydrogens (tertiary/aromatic N) is 3. The molecule has 1 amide bonds. The molecular formula is C19H25N3O3S. The van der Waals surface area contributed by atoms with Gasteiger partial charge in [0.1, 0.15) is 16.8 Å². The number of amides is 1. The van der Waals surface area contributed by atoms with Gasteiger partial charge in [-0.3, -0.25) is 14.2 Å². The Hall–Kier alpha value is -1.73. The second kappa shape index (κ2) is 6.78. The van der Waals surface area contributed by atoms with Crippen molar-refractivity contribution >= 4 is 27.5 Å². The van der Waals surface area contributed by atoms with Crippen molar-refractivity contribution in [1.82, 2.24) is 14.5 Å². The number of fused-ring (bicyclic) bond motifs is 1.